The highest BCUT2D eigenvalue weighted by molar-refractivity contribution is 7.20. The summed E-state index contributed by atoms with van der Waals surface area (Å²) in [6, 6.07) is 55.8. The second-order valence-corrected chi connectivity index (χ2v) is 14.1. The van der Waals surface area contributed by atoms with E-state index in [4.69, 9.17) is 16.3 Å². The highest BCUT2D eigenvalue weighted by atomic mass is 35.5. The van der Waals surface area contributed by atoms with E-state index in [0.717, 1.165) is 22.8 Å². The SMILES string of the molecule is Clc1c2cccc1N(c1ccccc1)c1cccc(c1)[Si](c1ccccc1)(c1ccccc1)c1cccc(c1)O2. The Morgan fingerprint density at radius 2 is 1.00 bits per heavy atom. The fourth-order valence-electron chi connectivity index (χ4n) is 5.93. The molecule has 6 aromatic carbocycles. The Bertz CT molecular complexity index is 1750. The van der Waals surface area contributed by atoms with Crippen LogP contribution in [0.2, 0.25) is 5.02 Å². The molecule has 0 amide bonds. The molecular weight excluding hydrogens is 526 g/mol. The first-order chi connectivity index (χ1) is 19.7. The third-order valence-electron chi connectivity index (χ3n) is 7.64. The molecular formula is C36H26ClNOSi. The van der Waals surface area contributed by atoms with E-state index in [9.17, 15) is 0 Å². The van der Waals surface area contributed by atoms with Gasteiger partial charge in [-0.3, -0.25) is 0 Å². The van der Waals surface area contributed by atoms with Crippen LogP contribution in [-0.2, 0) is 0 Å². The molecule has 0 saturated heterocycles. The summed E-state index contributed by atoms with van der Waals surface area (Å²) in [5, 5.41) is 5.73. The molecule has 1 aliphatic heterocycles. The Balaban J connectivity index is 1.63. The number of anilines is 3. The Hall–Kier alpha value is -4.57. The molecule has 0 saturated carbocycles. The maximum atomic E-state index is 7.10. The van der Waals surface area contributed by atoms with E-state index in [0.29, 0.717) is 10.8 Å². The number of fused-ring (bicyclic) bond motifs is 6. The first-order valence-corrected chi connectivity index (χ1v) is 15.8. The lowest BCUT2D eigenvalue weighted by atomic mass is 10.2. The van der Waals surface area contributed by atoms with E-state index in [1.54, 1.807) is 0 Å². The van der Waals surface area contributed by atoms with E-state index in [1.807, 2.05) is 24.3 Å². The second kappa shape index (κ2) is 10.2. The molecule has 2 nitrogen and oxygen atoms in total. The molecule has 0 unspecified atom stereocenters. The minimum atomic E-state index is -2.76. The lowest BCUT2D eigenvalue weighted by molar-refractivity contribution is 0.483. The minimum Gasteiger partial charge on any atom is -0.456 e. The zero-order chi connectivity index (χ0) is 26.9. The van der Waals surface area contributed by atoms with Gasteiger partial charge in [0, 0.05) is 11.4 Å². The zero-order valence-electron chi connectivity index (χ0n) is 21.7. The van der Waals surface area contributed by atoms with Crippen LogP contribution in [-0.4, -0.2) is 8.07 Å². The monoisotopic (exact) mass is 551 g/mol. The van der Waals surface area contributed by atoms with Gasteiger partial charge in [-0.25, -0.2) is 0 Å². The Morgan fingerprint density at radius 3 is 1.68 bits per heavy atom. The third-order valence-corrected chi connectivity index (χ3v) is 12.8. The maximum Gasteiger partial charge on any atom is 0.179 e. The van der Waals surface area contributed by atoms with Crippen LogP contribution < -0.4 is 30.4 Å². The molecule has 6 bridgehead atoms. The van der Waals surface area contributed by atoms with E-state index in [1.165, 1.54) is 20.7 Å². The Morgan fingerprint density at radius 1 is 0.475 bits per heavy atom. The summed E-state index contributed by atoms with van der Waals surface area (Å²) in [4.78, 5) is 2.23. The van der Waals surface area contributed by atoms with Gasteiger partial charge in [-0.05, 0) is 69.3 Å². The minimum absolute atomic E-state index is 0.567. The number of nitrogens with zero attached hydrogens (tertiary/aromatic N) is 1. The van der Waals surface area contributed by atoms with Crippen molar-refractivity contribution in [3.8, 4) is 11.5 Å². The number of ether oxygens (including phenoxy) is 1. The predicted octanol–water partition coefficient (Wildman–Crippen LogP) is 7.29. The van der Waals surface area contributed by atoms with E-state index in [-0.39, 0.29) is 0 Å². The van der Waals surface area contributed by atoms with E-state index < -0.39 is 8.07 Å². The molecule has 1 heterocycles. The van der Waals surface area contributed by atoms with Gasteiger partial charge >= 0.3 is 0 Å². The summed E-state index contributed by atoms with van der Waals surface area (Å²) >= 11 is 7.10. The highest BCUT2D eigenvalue weighted by Gasteiger charge is 2.42. The summed E-state index contributed by atoms with van der Waals surface area (Å²) in [6.07, 6.45) is 0. The van der Waals surface area contributed by atoms with Gasteiger partial charge in [0.05, 0.1) is 5.69 Å². The number of rotatable bonds is 3. The van der Waals surface area contributed by atoms with Crippen LogP contribution in [0.1, 0.15) is 0 Å². The number of hydrogen-bond acceptors (Lipinski definition) is 2. The van der Waals surface area contributed by atoms with Crippen molar-refractivity contribution in [1.29, 1.82) is 0 Å². The smallest absolute Gasteiger partial charge is 0.179 e. The number of benzene rings is 6. The molecule has 0 N–H and O–H groups in total. The molecule has 0 fully saturated rings. The van der Waals surface area contributed by atoms with Crippen molar-refractivity contribution in [3.63, 3.8) is 0 Å². The largest absolute Gasteiger partial charge is 0.456 e. The van der Waals surface area contributed by atoms with Crippen molar-refractivity contribution in [2.45, 2.75) is 0 Å². The zero-order valence-corrected chi connectivity index (χ0v) is 23.5. The first kappa shape index (κ1) is 24.5. The summed E-state index contributed by atoms with van der Waals surface area (Å²) in [5.74, 6) is 1.39. The van der Waals surface area contributed by atoms with Gasteiger partial charge in [0.15, 0.2) is 8.07 Å². The van der Waals surface area contributed by atoms with Gasteiger partial charge in [0.1, 0.15) is 16.5 Å². The maximum absolute atomic E-state index is 7.10. The van der Waals surface area contributed by atoms with E-state index in [2.05, 4.69) is 138 Å². The van der Waals surface area contributed by atoms with E-state index >= 15 is 0 Å². The molecule has 40 heavy (non-hydrogen) atoms. The fraction of sp³-hybridized carbons (Fsp3) is 0. The number of para-hydroxylation sites is 1. The number of halogens is 1. The van der Waals surface area contributed by atoms with Gasteiger partial charge in [0.25, 0.3) is 0 Å². The Kier molecular flexibility index (Phi) is 6.24. The van der Waals surface area contributed by atoms with Crippen LogP contribution in [0.15, 0.2) is 158 Å². The summed E-state index contributed by atoms with van der Waals surface area (Å²) in [6.45, 7) is 0. The third kappa shape index (κ3) is 4.03. The fourth-order valence-corrected chi connectivity index (χ4v) is 11.0. The molecule has 7 rings (SSSR count). The molecule has 0 aliphatic carbocycles. The van der Waals surface area contributed by atoms with Crippen LogP contribution in [0, 0.1) is 0 Å². The molecule has 0 radical (unpaired) electrons. The molecule has 192 valence electrons. The molecule has 6 aromatic rings. The molecule has 0 aromatic heterocycles. The predicted molar refractivity (Wildman–Crippen MR) is 170 cm³/mol. The first-order valence-electron chi connectivity index (χ1n) is 13.4. The average Bonchev–Trinajstić information content (AvgIpc) is 3.01. The summed E-state index contributed by atoms with van der Waals surface area (Å²) in [7, 11) is -2.76. The van der Waals surface area contributed by atoms with Crippen LogP contribution in [0.5, 0.6) is 11.5 Å². The van der Waals surface area contributed by atoms with Gasteiger partial charge in [0.2, 0.25) is 0 Å². The molecule has 4 heteroatoms. The molecule has 1 aliphatic rings. The van der Waals surface area contributed by atoms with Gasteiger partial charge in [-0.15, -0.1) is 0 Å². The van der Waals surface area contributed by atoms with Crippen LogP contribution in [0.25, 0.3) is 0 Å². The highest BCUT2D eigenvalue weighted by Crippen LogP contribution is 2.43. The van der Waals surface area contributed by atoms with Gasteiger partial charge in [-0.1, -0.05) is 121 Å². The van der Waals surface area contributed by atoms with Crippen molar-refractivity contribution in [2.75, 3.05) is 4.90 Å². The van der Waals surface area contributed by atoms with Crippen molar-refractivity contribution < 1.29 is 4.74 Å². The van der Waals surface area contributed by atoms with Gasteiger partial charge < -0.3 is 9.64 Å². The van der Waals surface area contributed by atoms with Crippen LogP contribution in [0.4, 0.5) is 17.1 Å². The van der Waals surface area contributed by atoms with Crippen molar-refractivity contribution >= 4 is 57.5 Å². The van der Waals surface area contributed by atoms with Crippen LogP contribution >= 0.6 is 11.6 Å². The second-order valence-electron chi connectivity index (χ2n) is 9.92. The standard InChI is InChI=1S/C36H26ClNOSi/c37-36-34-23-12-24-35(36)39-29-16-11-22-33(26-29)40(30-17-6-2-7-18-30,31-19-8-3-9-20-31)32-21-10-15-28(25-32)38(34)27-13-4-1-5-14-27/h1-26H. The van der Waals surface area contributed by atoms with Gasteiger partial charge in [-0.2, -0.15) is 0 Å². The topological polar surface area (TPSA) is 12.5 Å². The average molecular weight is 552 g/mol. The molecule has 0 spiro atoms. The lowest BCUT2D eigenvalue weighted by Gasteiger charge is -2.36. The quantitative estimate of drug-likeness (QED) is 0.214. The summed E-state index contributed by atoms with van der Waals surface area (Å²) in [5.41, 5.74) is 2.94. The van der Waals surface area contributed by atoms with Crippen LogP contribution in [0.3, 0.4) is 0 Å². The lowest BCUT2D eigenvalue weighted by Crippen LogP contribution is -2.74. The Labute approximate surface area is 240 Å². The molecule has 0 atom stereocenters. The summed E-state index contributed by atoms with van der Waals surface area (Å²) < 4.78 is 6.54. The van der Waals surface area contributed by atoms with Crippen molar-refractivity contribution in [2.24, 2.45) is 0 Å². The normalized spacial score (nSPS) is 13.5. The van der Waals surface area contributed by atoms with Crippen molar-refractivity contribution in [3.05, 3.63) is 163 Å². The van der Waals surface area contributed by atoms with Crippen molar-refractivity contribution in [1.82, 2.24) is 0 Å². The number of hydrogen-bond donors (Lipinski definition) is 0.